The fraction of sp³-hybridized carbons (Fsp3) is 0.571. The molecule has 0 saturated heterocycles. The second-order valence-electron chi connectivity index (χ2n) is 4.42. The van der Waals surface area contributed by atoms with Crippen molar-refractivity contribution in [2.75, 3.05) is 6.61 Å². The Bertz CT molecular complexity index is 300. The summed E-state index contributed by atoms with van der Waals surface area (Å²) in [5, 5.41) is 0. The molecule has 0 heterocycles. The van der Waals surface area contributed by atoms with Gasteiger partial charge in [0.2, 0.25) is 0 Å². The highest BCUT2D eigenvalue weighted by atomic mass is 16.5. The van der Waals surface area contributed by atoms with E-state index in [-0.39, 0.29) is 0 Å². The van der Waals surface area contributed by atoms with E-state index in [1.807, 2.05) is 0 Å². The normalized spacial score (nSPS) is 16.9. The third-order valence-corrected chi connectivity index (χ3v) is 3.30. The van der Waals surface area contributed by atoms with E-state index < -0.39 is 0 Å². The summed E-state index contributed by atoms with van der Waals surface area (Å²) in [7, 11) is 0. The standard InChI is InChI=1S/C14H20O/c1-2-13-9-5-6-10-14(13)15-11-12-7-3-4-8-12/h5-6,9-10,12H,2-4,7-8,11H2,1H3. The molecule has 82 valence electrons. The minimum absolute atomic E-state index is 0.801. The van der Waals surface area contributed by atoms with E-state index >= 15 is 0 Å². The predicted molar refractivity (Wildman–Crippen MR) is 63.3 cm³/mol. The number of ether oxygens (including phenoxy) is 1. The first-order chi connectivity index (χ1) is 7.40. The van der Waals surface area contributed by atoms with Crippen LogP contribution < -0.4 is 4.74 Å². The van der Waals surface area contributed by atoms with Crippen LogP contribution in [0.4, 0.5) is 0 Å². The molecule has 0 atom stereocenters. The van der Waals surface area contributed by atoms with Crippen molar-refractivity contribution in [3.63, 3.8) is 0 Å². The average Bonchev–Trinajstić information content (AvgIpc) is 2.79. The number of para-hydroxylation sites is 1. The van der Waals surface area contributed by atoms with Crippen LogP contribution in [0.15, 0.2) is 24.3 Å². The van der Waals surface area contributed by atoms with Crippen LogP contribution in [-0.4, -0.2) is 6.61 Å². The first kappa shape index (κ1) is 10.5. The largest absolute Gasteiger partial charge is 0.493 e. The van der Waals surface area contributed by atoms with Gasteiger partial charge in [0.15, 0.2) is 0 Å². The van der Waals surface area contributed by atoms with E-state index in [2.05, 4.69) is 31.2 Å². The van der Waals surface area contributed by atoms with Gasteiger partial charge in [-0.2, -0.15) is 0 Å². The molecule has 0 aromatic heterocycles. The van der Waals surface area contributed by atoms with Gasteiger partial charge in [-0.3, -0.25) is 0 Å². The summed E-state index contributed by atoms with van der Waals surface area (Å²) in [5.41, 5.74) is 1.33. The molecule has 0 aliphatic heterocycles. The van der Waals surface area contributed by atoms with Gasteiger partial charge in [0.25, 0.3) is 0 Å². The third kappa shape index (κ3) is 2.74. The quantitative estimate of drug-likeness (QED) is 0.724. The Morgan fingerprint density at radius 1 is 1.20 bits per heavy atom. The summed E-state index contributed by atoms with van der Waals surface area (Å²) in [6.07, 6.45) is 6.55. The minimum Gasteiger partial charge on any atom is -0.493 e. The van der Waals surface area contributed by atoms with Gasteiger partial charge in [-0.25, -0.2) is 0 Å². The Morgan fingerprint density at radius 2 is 1.93 bits per heavy atom. The molecule has 1 aliphatic rings. The van der Waals surface area contributed by atoms with Crippen LogP contribution >= 0.6 is 0 Å². The molecule has 0 radical (unpaired) electrons. The second-order valence-corrected chi connectivity index (χ2v) is 4.42. The molecule has 1 fully saturated rings. The summed E-state index contributed by atoms with van der Waals surface area (Å²) in [6, 6.07) is 8.39. The fourth-order valence-electron chi connectivity index (χ4n) is 2.32. The zero-order valence-electron chi connectivity index (χ0n) is 9.54. The van der Waals surface area contributed by atoms with Gasteiger partial charge in [-0.1, -0.05) is 38.0 Å². The molecule has 0 N–H and O–H groups in total. The molecule has 0 amide bonds. The van der Waals surface area contributed by atoms with Crippen molar-refractivity contribution in [3.05, 3.63) is 29.8 Å². The maximum atomic E-state index is 5.91. The summed E-state index contributed by atoms with van der Waals surface area (Å²) in [4.78, 5) is 0. The van der Waals surface area contributed by atoms with Crippen molar-refractivity contribution in [3.8, 4) is 5.75 Å². The van der Waals surface area contributed by atoms with Crippen molar-refractivity contribution in [2.45, 2.75) is 39.0 Å². The lowest BCUT2D eigenvalue weighted by molar-refractivity contribution is 0.250. The summed E-state index contributed by atoms with van der Waals surface area (Å²) < 4.78 is 5.91. The molecule has 2 rings (SSSR count). The molecular formula is C14H20O. The Labute approximate surface area is 92.5 Å². The maximum absolute atomic E-state index is 5.91. The van der Waals surface area contributed by atoms with Crippen LogP contribution in [-0.2, 0) is 6.42 Å². The number of hydrogen-bond acceptors (Lipinski definition) is 1. The Kier molecular flexibility index (Phi) is 3.65. The highest BCUT2D eigenvalue weighted by molar-refractivity contribution is 5.33. The van der Waals surface area contributed by atoms with Crippen LogP contribution in [0.3, 0.4) is 0 Å². The molecule has 1 saturated carbocycles. The summed E-state index contributed by atoms with van der Waals surface area (Å²) in [5.74, 6) is 1.89. The van der Waals surface area contributed by atoms with Crippen LogP contribution in [0.25, 0.3) is 0 Å². The molecule has 1 aromatic carbocycles. The highest BCUT2D eigenvalue weighted by Crippen LogP contribution is 2.26. The maximum Gasteiger partial charge on any atom is 0.122 e. The van der Waals surface area contributed by atoms with E-state index in [9.17, 15) is 0 Å². The number of aryl methyl sites for hydroxylation is 1. The first-order valence-electron chi connectivity index (χ1n) is 6.11. The molecule has 15 heavy (non-hydrogen) atoms. The summed E-state index contributed by atoms with van der Waals surface area (Å²) in [6.45, 7) is 3.09. The molecule has 1 aliphatic carbocycles. The Balaban J connectivity index is 1.91. The molecular weight excluding hydrogens is 184 g/mol. The predicted octanol–water partition coefficient (Wildman–Crippen LogP) is 3.82. The van der Waals surface area contributed by atoms with E-state index in [1.54, 1.807) is 0 Å². The van der Waals surface area contributed by atoms with E-state index in [0.29, 0.717) is 0 Å². The number of benzene rings is 1. The first-order valence-corrected chi connectivity index (χ1v) is 6.11. The molecule has 0 spiro atoms. The monoisotopic (exact) mass is 204 g/mol. The van der Waals surface area contributed by atoms with Crippen LogP contribution in [0.1, 0.15) is 38.2 Å². The van der Waals surface area contributed by atoms with Gasteiger partial charge in [0, 0.05) is 0 Å². The van der Waals surface area contributed by atoms with Gasteiger partial charge in [-0.05, 0) is 36.8 Å². The van der Waals surface area contributed by atoms with Gasteiger partial charge < -0.3 is 4.74 Å². The number of hydrogen-bond donors (Lipinski definition) is 0. The van der Waals surface area contributed by atoms with Crippen molar-refractivity contribution >= 4 is 0 Å². The van der Waals surface area contributed by atoms with E-state index in [4.69, 9.17) is 4.74 Å². The van der Waals surface area contributed by atoms with Crippen molar-refractivity contribution in [2.24, 2.45) is 5.92 Å². The van der Waals surface area contributed by atoms with E-state index in [0.717, 1.165) is 24.7 Å². The van der Waals surface area contributed by atoms with E-state index in [1.165, 1.54) is 31.2 Å². The fourth-order valence-corrected chi connectivity index (χ4v) is 2.32. The molecule has 1 aromatic rings. The lowest BCUT2D eigenvalue weighted by Crippen LogP contribution is -2.08. The number of rotatable bonds is 4. The lowest BCUT2D eigenvalue weighted by atomic mass is 10.1. The van der Waals surface area contributed by atoms with Gasteiger partial charge in [0.05, 0.1) is 6.61 Å². The SMILES string of the molecule is CCc1ccccc1OCC1CCCC1. The van der Waals surface area contributed by atoms with Gasteiger partial charge >= 0.3 is 0 Å². The lowest BCUT2D eigenvalue weighted by Gasteiger charge is -2.13. The highest BCUT2D eigenvalue weighted by Gasteiger charge is 2.15. The Hall–Kier alpha value is -0.980. The van der Waals surface area contributed by atoms with Crippen LogP contribution in [0.5, 0.6) is 5.75 Å². The zero-order valence-corrected chi connectivity index (χ0v) is 9.54. The average molecular weight is 204 g/mol. The molecule has 0 unspecified atom stereocenters. The smallest absolute Gasteiger partial charge is 0.122 e. The summed E-state index contributed by atoms with van der Waals surface area (Å²) >= 11 is 0. The van der Waals surface area contributed by atoms with Crippen LogP contribution in [0, 0.1) is 5.92 Å². The van der Waals surface area contributed by atoms with Crippen LogP contribution in [0.2, 0.25) is 0 Å². The van der Waals surface area contributed by atoms with Gasteiger partial charge in [0.1, 0.15) is 5.75 Å². The zero-order chi connectivity index (χ0) is 10.5. The molecule has 1 nitrogen and oxygen atoms in total. The second kappa shape index (κ2) is 5.20. The van der Waals surface area contributed by atoms with Gasteiger partial charge in [-0.15, -0.1) is 0 Å². The van der Waals surface area contributed by atoms with Crippen molar-refractivity contribution < 1.29 is 4.74 Å². The Morgan fingerprint density at radius 3 is 2.67 bits per heavy atom. The third-order valence-electron chi connectivity index (χ3n) is 3.30. The molecule has 1 heteroatoms. The minimum atomic E-state index is 0.801. The molecule has 0 bridgehead atoms. The topological polar surface area (TPSA) is 9.23 Å². The van der Waals surface area contributed by atoms with Crippen molar-refractivity contribution in [1.82, 2.24) is 0 Å². The van der Waals surface area contributed by atoms with Crippen molar-refractivity contribution in [1.29, 1.82) is 0 Å².